The van der Waals surface area contributed by atoms with Crippen LogP contribution in [0.15, 0.2) is 45.5 Å². The van der Waals surface area contributed by atoms with E-state index in [4.69, 9.17) is 4.74 Å². The van der Waals surface area contributed by atoms with Crippen molar-refractivity contribution in [2.75, 3.05) is 13.2 Å². The molecule has 1 aliphatic heterocycles. The Hall–Kier alpha value is -1.70. The van der Waals surface area contributed by atoms with E-state index in [9.17, 15) is 13.2 Å². The molecule has 0 radical (unpaired) electrons. The summed E-state index contributed by atoms with van der Waals surface area (Å²) in [6.45, 7) is 3.09. The Morgan fingerprint density at radius 2 is 2.00 bits per heavy atom. The van der Waals surface area contributed by atoms with Crippen LogP contribution in [0.1, 0.15) is 28.1 Å². The van der Waals surface area contributed by atoms with Gasteiger partial charge in [-0.2, -0.15) is 0 Å². The summed E-state index contributed by atoms with van der Waals surface area (Å²) < 4.78 is 30.8. The molecule has 1 N–H and O–H groups in total. The minimum atomic E-state index is -3.59. The summed E-state index contributed by atoms with van der Waals surface area (Å²) in [5, 5.41) is 2.80. The first-order valence-electron chi connectivity index (χ1n) is 7.78. The lowest BCUT2D eigenvalue weighted by atomic mass is 10.2. The van der Waals surface area contributed by atoms with Crippen LogP contribution in [0.3, 0.4) is 0 Å². The number of benzene rings is 1. The average Bonchev–Trinajstić information content (AvgIpc) is 3.25. The number of thiophene rings is 1. The lowest BCUT2D eigenvalue weighted by Gasteiger charge is -2.09. The van der Waals surface area contributed by atoms with Gasteiger partial charge in [-0.15, -0.1) is 11.3 Å². The quantitative estimate of drug-likeness (QED) is 0.884. The highest BCUT2D eigenvalue weighted by Crippen LogP contribution is 2.28. The van der Waals surface area contributed by atoms with E-state index in [-0.39, 0.29) is 21.1 Å². The van der Waals surface area contributed by atoms with Gasteiger partial charge in [-0.3, -0.25) is 4.79 Å². The van der Waals surface area contributed by atoms with Crippen LogP contribution in [0, 0.1) is 6.92 Å². The van der Waals surface area contributed by atoms with Gasteiger partial charge in [-0.1, -0.05) is 17.7 Å². The standard InChI is InChI=1S/C17H19NO4S2/c1-12-4-6-14(7-5-12)24(20,21)16-9-8-15(23-16)17(19)18-11-13-3-2-10-22-13/h4-9,13H,2-3,10-11H2,1H3,(H,18,19)/t13-/m1/s1. The van der Waals surface area contributed by atoms with Crippen LogP contribution < -0.4 is 5.32 Å². The molecule has 1 atom stereocenters. The Bertz CT molecular complexity index is 819. The number of carbonyl (C=O) groups is 1. The molecule has 2 aromatic rings. The molecule has 1 amide bonds. The summed E-state index contributed by atoms with van der Waals surface area (Å²) in [5.74, 6) is -0.263. The maximum atomic E-state index is 12.6. The van der Waals surface area contributed by atoms with Gasteiger partial charge in [0.1, 0.15) is 4.21 Å². The molecule has 5 nitrogen and oxygen atoms in total. The van der Waals surface area contributed by atoms with Crippen LogP contribution >= 0.6 is 11.3 Å². The Labute approximate surface area is 145 Å². The summed E-state index contributed by atoms with van der Waals surface area (Å²) >= 11 is 0.989. The van der Waals surface area contributed by atoms with Crippen LogP contribution in [-0.2, 0) is 14.6 Å². The monoisotopic (exact) mass is 365 g/mol. The van der Waals surface area contributed by atoms with Crippen molar-refractivity contribution in [2.24, 2.45) is 0 Å². The largest absolute Gasteiger partial charge is 0.376 e. The van der Waals surface area contributed by atoms with Gasteiger partial charge in [-0.25, -0.2) is 8.42 Å². The van der Waals surface area contributed by atoms with Crippen LogP contribution in [0.4, 0.5) is 0 Å². The molecule has 0 spiro atoms. The molecule has 1 saturated heterocycles. The molecular formula is C17H19NO4S2. The highest BCUT2D eigenvalue weighted by molar-refractivity contribution is 7.93. The fourth-order valence-corrected chi connectivity index (χ4v) is 5.14. The van der Waals surface area contributed by atoms with Crippen LogP contribution in [0.5, 0.6) is 0 Å². The molecule has 1 aliphatic rings. The van der Waals surface area contributed by atoms with Gasteiger partial charge in [0.2, 0.25) is 9.84 Å². The van der Waals surface area contributed by atoms with Crippen LogP contribution in [0.2, 0.25) is 0 Å². The smallest absolute Gasteiger partial charge is 0.261 e. The highest BCUT2D eigenvalue weighted by atomic mass is 32.2. The van der Waals surface area contributed by atoms with Gasteiger partial charge in [0.25, 0.3) is 5.91 Å². The topological polar surface area (TPSA) is 72.5 Å². The predicted molar refractivity (Wildman–Crippen MR) is 92.3 cm³/mol. The van der Waals surface area contributed by atoms with Crippen molar-refractivity contribution < 1.29 is 17.9 Å². The zero-order valence-corrected chi connectivity index (χ0v) is 15.0. The van der Waals surface area contributed by atoms with E-state index in [1.54, 1.807) is 30.3 Å². The summed E-state index contributed by atoms with van der Waals surface area (Å²) in [6.07, 6.45) is 2.01. The third-order valence-corrected chi connectivity index (χ3v) is 7.26. The Morgan fingerprint density at radius 3 is 2.67 bits per heavy atom. The van der Waals surface area contributed by atoms with Crippen molar-refractivity contribution in [2.45, 2.75) is 35.0 Å². The summed E-state index contributed by atoms with van der Waals surface area (Å²) in [6, 6.07) is 9.73. The molecule has 128 valence electrons. The van der Waals surface area contributed by atoms with Crippen LogP contribution in [-0.4, -0.2) is 33.6 Å². The molecule has 1 aromatic heterocycles. The van der Waals surface area contributed by atoms with Crippen molar-refractivity contribution >= 4 is 27.1 Å². The minimum absolute atomic E-state index is 0.0599. The van der Waals surface area contributed by atoms with Crippen LogP contribution in [0.25, 0.3) is 0 Å². The number of rotatable bonds is 5. The Balaban J connectivity index is 1.72. The van der Waals surface area contributed by atoms with E-state index in [0.717, 1.165) is 36.3 Å². The number of hydrogen-bond donors (Lipinski definition) is 1. The van der Waals surface area contributed by atoms with Crippen molar-refractivity contribution in [1.82, 2.24) is 5.32 Å². The minimum Gasteiger partial charge on any atom is -0.376 e. The molecule has 24 heavy (non-hydrogen) atoms. The normalized spacial score (nSPS) is 17.8. The maximum Gasteiger partial charge on any atom is 0.261 e. The average molecular weight is 365 g/mol. The highest BCUT2D eigenvalue weighted by Gasteiger charge is 2.22. The molecular weight excluding hydrogens is 346 g/mol. The zero-order valence-electron chi connectivity index (χ0n) is 13.3. The van der Waals surface area contributed by atoms with Gasteiger partial charge in [-0.05, 0) is 44.0 Å². The summed E-state index contributed by atoms with van der Waals surface area (Å²) in [5.41, 5.74) is 0.995. The number of aryl methyl sites for hydroxylation is 1. The molecule has 2 heterocycles. The fourth-order valence-electron chi connectivity index (χ4n) is 2.52. The Morgan fingerprint density at radius 1 is 1.25 bits per heavy atom. The third-order valence-electron chi connectivity index (χ3n) is 3.92. The second kappa shape index (κ2) is 7.04. The molecule has 0 saturated carbocycles. The SMILES string of the molecule is Cc1ccc(S(=O)(=O)c2ccc(C(=O)NC[C@H]3CCCO3)s2)cc1. The molecule has 0 aliphatic carbocycles. The van der Waals surface area contributed by atoms with E-state index < -0.39 is 9.84 Å². The zero-order chi connectivity index (χ0) is 17.2. The van der Waals surface area contributed by atoms with Gasteiger partial charge >= 0.3 is 0 Å². The van der Waals surface area contributed by atoms with E-state index in [2.05, 4.69) is 5.32 Å². The first kappa shape index (κ1) is 17.1. The molecule has 0 bridgehead atoms. The van der Waals surface area contributed by atoms with Gasteiger partial charge in [0.15, 0.2) is 0 Å². The number of amides is 1. The number of sulfone groups is 1. The van der Waals surface area contributed by atoms with Gasteiger partial charge in [0, 0.05) is 13.2 Å². The Kier molecular flexibility index (Phi) is 5.03. The van der Waals surface area contributed by atoms with Gasteiger partial charge in [0.05, 0.1) is 15.9 Å². The second-order valence-corrected chi connectivity index (χ2v) is 9.04. The molecule has 0 unspecified atom stereocenters. The first-order valence-corrected chi connectivity index (χ1v) is 10.1. The second-order valence-electron chi connectivity index (χ2n) is 5.78. The lowest BCUT2D eigenvalue weighted by molar-refractivity contribution is 0.0861. The fraction of sp³-hybridized carbons (Fsp3) is 0.353. The van der Waals surface area contributed by atoms with E-state index in [1.807, 2.05) is 6.92 Å². The van der Waals surface area contributed by atoms with Crippen molar-refractivity contribution in [1.29, 1.82) is 0 Å². The van der Waals surface area contributed by atoms with Crippen molar-refractivity contribution in [3.8, 4) is 0 Å². The lowest BCUT2D eigenvalue weighted by Crippen LogP contribution is -2.31. The number of ether oxygens (including phenoxy) is 1. The van der Waals surface area contributed by atoms with E-state index in [1.165, 1.54) is 6.07 Å². The maximum absolute atomic E-state index is 12.6. The number of hydrogen-bond acceptors (Lipinski definition) is 5. The number of carbonyl (C=O) groups excluding carboxylic acids is 1. The third kappa shape index (κ3) is 3.68. The predicted octanol–water partition coefficient (Wildman–Crippen LogP) is 2.80. The van der Waals surface area contributed by atoms with E-state index >= 15 is 0 Å². The van der Waals surface area contributed by atoms with Crippen molar-refractivity contribution in [3.05, 3.63) is 46.8 Å². The van der Waals surface area contributed by atoms with E-state index in [0.29, 0.717) is 11.4 Å². The van der Waals surface area contributed by atoms with Gasteiger partial charge < -0.3 is 10.1 Å². The molecule has 7 heteroatoms. The summed E-state index contributed by atoms with van der Waals surface area (Å²) in [4.78, 5) is 12.8. The number of nitrogens with one attached hydrogen (secondary N) is 1. The molecule has 3 rings (SSSR count). The molecule has 1 fully saturated rings. The van der Waals surface area contributed by atoms with Crippen molar-refractivity contribution in [3.63, 3.8) is 0 Å². The summed E-state index contributed by atoms with van der Waals surface area (Å²) in [7, 11) is -3.59. The first-order chi connectivity index (χ1) is 11.5. The molecule has 1 aromatic carbocycles.